The molecule has 0 aliphatic carbocycles. The van der Waals surface area contributed by atoms with E-state index in [4.69, 9.17) is 0 Å². The van der Waals surface area contributed by atoms with Crippen LogP contribution in [0.25, 0.3) is 0 Å². The van der Waals surface area contributed by atoms with E-state index in [2.05, 4.69) is 5.14 Å². The Morgan fingerprint density at radius 2 is 2.00 bits per heavy atom. The number of hydrogen-bond donors (Lipinski definition) is 1. The summed E-state index contributed by atoms with van der Waals surface area (Å²) in [4.78, 5) is 10.5. The van der Waals surface area contributed by atoms with Crippen molar-refractivity contribution in [1.29, 1.82) is 0 Å². The van der Waals surface area contributed by atoms with E-state index >= 15 is 0 Å². The van der Waals surface area contributed by atoms with Crippen LogP contribution in [0.2, 0.25) is 0 Å². The van der Waals surface area contributed by atoms with Crippen LogP contribution in [0, 0.1) is 0 Å². The number of unbranched alkanes of at least 4 members (excludes halogenated alkanes) is 1. The largest absolute Gasteiger partial charge is 0.280 e. The molecule has 0 saturated heterocycles. The first-order valence-corrected chi connectivity index (χ1v) is 4.58. The number of sulfonamides is 1. The van der Waals surface area contributed by atoms with Crippen molar-refractivity contribution in [3.05, 3.63) is 0 Å². The molecule has 0 radical (unpaired) electrons. The summed E-state index contributed by atoms with van der Waals surface area (Å²) in [5.41, 5.74) is 0. The number of nitrogens with two attached hydrogens (primary N) is 1. The molecule has 0 amide bonds. The Hall–Kier alpha value is -0.420. The highest BCUT2D eigenvalue weighted by Gasteiger charge is 2.14. The first-order valence-electron chi connectivity index (χ1n) is 3.04. The van der Waals surface area contributed by atoms with Crippen LogP contribution in [-0.2, 0) is 14.8 Å². The van der Waals surface area contributed by atoms with Crippen molar-refractivity contribution in [3.8, 4) is 0 Å². The molecule has 5 heteroatoms. The third-order valence-electron chi connectivity index (χ3n) is 1.05. The van der Waals surface area contributed by atoms with Crippen LogP contribution in [0.4, 0.5) is 0 Å². The van der Waals surface area contributed by atoms with E-state index in [0.717, 1.165) is 6.42 Å². The van der Waals surface area contributed by atoms with Crippen molar-refractivity contribution in [2.45, 2.75) is 26.2 Å². The van der Waals surface area contributed by atoms with Gasteiger partial charge in [-0.15, -0.1) is 0 Å². The van der Waals surface area contributed by atoms with Crippen LogP contribution >= 0.6 is 0 Å². The molecular weight excluding hydrogens is 154 g/mol. The van der Waals surface area contributed by atoms with Crippen LogP contribution in [0.15, 0.2) is 0 Å². The number of primary sulfonamides is 1. The molecule has 0 aliphatic heterocycles. The lowest BCUT2D eigenvalue weighted by Gasteiger charge is -1.93. The SMILES string of the molecule is CCCCC(=O)S(N)(=O)=O. The molecule has 0 bridgehead atoms. The molecule has 10 heavy (non-hydrogen) atoms. The van der Waals surface area contributed by atoms with Gasteiger partial charge in [0.2, 0.25) is 0 Å². The molecule has 4 nitrogen and oxygen atoms in total. The van der Waals surface area contributed by atoms with E-state index in [1.807, 2.05) is 6.92 Å². The first kappa shape index (κ1) is 9.58. The summed E-state index contributed by atoms with van der Waals surface area (Å²) >= 11 is 0. The summed E-state index contributed by atoms with van der Waals surface area (Å²) in [5, 5.41) is 3.68. The third-order valence-corrected chi connectivity index (χ3v) is 1.89. The van der Waals surface area contributed by atoms with E-state index in [-0.39, 0.29) is 6.42 Å². The Morgan fingerprint density at radius 1 is 1.50 bits per heavy atom. The smallest absolute Gasteiger partial charge is 0.271 e. The Labute approximate surface area is 60.5 Å². The van der Waals surface area contributed by atoms with Gasteiger partial charge < -0.3 is 0 Å². The molecule has 0 fully saturated rings. The topological polar surface area (TPSA) is 77.2 Å². The van der Waals surface area contributed by atoms with Gasteiger partial charge in [-0.25, -0.2) is 13.6 Å². The highest BCUT2D eigenvalue weighted by molar-refractivity contribution is 8.04. The van der Waals surface area contributed by atoms with E-state index in [0.29, 0.717) is 6.42 Å². The summed E-state index contributed by atoms with van der Waals surface area (Å²) in [6.45, 7) is 1.87. The Kier molecular flexibility index (Phi) is 3.52. The van der Waals surface area contributed by atoms with E-state index in [1.165, 1.54) is 0 Å². The van der Waals surface area contributed by atoms with Crippen molar-refractivity contribution < 1.29 is 13.2 Å². The minimum Gasteiger partial charge on any atom is -0.280 e. The monoisotopic (exact) mass is 165 g/mol. The van der Waals surface area contributed by atoms with Crippen LogP contribution < -0.4 is 5.14 Å². The van der Waals surface area contributed by atoms with Gasteiger partial charge in [0.05, 0.1) is 0 Å². The molecule has 0 aromatic heterocycles. The predicted octanol–water partition coefficient (Wildman–Crippen LogP) is -0.00830. The fraction of sp³-hybridized carbons (Fsp3) is 0.800. The second-order valence-corrected chi connectivity index (χ2v) is 3.57. The van der Waals surface area contributed by atoms with Crippen molar-refractivity contribution in [2.75, 3.05) is 0 Å². The molecule has 0 aromatic rings. The van der Waals surface area contributed by atoms with Crippen molar-refractivity contribution in [3.63, 3.8) is 0 Å². The van der Waals surface area contributed by atoms with Gasteiger partial charge in [0.15, 0.2) is 0 Å². The molecule has 0 unspecified atom stereocenters. The van der Waals surface area contributed by atoms with E-state index in [1.54, 1.807) is 0 Å². The van der Waals surface area contributed by atoms with Gasteiger partial charge in [0.25, 0.3) is 15.1 Å². The standard InChI is InChI=1S/C5H11NO3S/c1-2-3-4-5(7)10(6,8)9/h2-4H2,1H3,(H2,6,8,9). The van der Waals surface area contributed by atoms with E-state index < -0.39 is 15.1 Å². The number of hydrogen-bond acceptors (Lipinski definition) is 3. The first-order chi connectivity index (χ1) is 4.48. The lowest BCUT2D eigenvalue weighted by molar-refractivity contribution is -0.111. The second-order valence-electron chi connectivity index (χ2n) is 2.02. The summed E-state index contributed by atoms with van der Waals surface area (Å²) in [7, 11) is -3.91. The molecule has 0 aromatic carbocycles. The van der Waals surface area contributed by atoms with Crippen LogP contribution in [0.5, 0.6) is 0 Å². The zero-order valence-corrected chi connectivity index (χ0v) is 6.65. The maximum Gasteiger partial charge on any atom is 0.271 e. The predicted molar refractivity (Wildman–Crippen MR) is 37.6 cm³/mol. The minimum absolute atomic E-state index is 0.0370. The Bertz CT molecular complexity index is 207. The molecule has 0 aliphatic rings. The summed E-state index contributed by atoms with van der Waals surface area (Å²) < 4.78 is 20.5. The maximum atomic E-state index is 10.5. The molecule has 0 atom stereocenters. The molecule has 2 N–H and O–H groups in total. The number of carbonyl (C=O) groups excluding carboxylic acids is 1. The third kappa shape index (κ3) is 3.58. The normalized spacial score (nSPS) is 11.4. The van der Waals surface area contributed by atoms with Gasteiger partial charge in [-0.2, -0.15) is 0 Å². The number of rotatable bonds is 3. The second kappa shape index (κ2) is 3.68. The molecule has 0 rings (SSSR count). The van der Waals surface area contributed by atoms with Crippen molar-refractivity contribution in [2.24, 2.45) is 5.14 Å². The lowest BCUT2D eigenvalue weighted by atomic mass is 10.3. The molecule has 0 heterocycles. The molecule has 0 spiro atoms. The highest BCUT2D eigenvalue weighted by Crippen LogP contribution is 1.97. The van der Waals surface area contributed by atoms with Gasteiger partial charge in [-0.3, -0.25) is 4.79 Å². The van der Waals surface area contributed by atoms with Crippen molar-refractivity contribution >= 4 is 15.1 Å². The van der Waals surface area contributed by atoms with Gasteiger partial charge >= 0.3 is 0 Å². The zero-order chi connectivity index (χ0) is 8.20. The highest BCUT2D eigenvalue weighted by atomic mass is 32.2. The van der Waals surface area contributed by atoms with Gasteiger partial charge in [-0.05, 0) is 6.42 Å². The average Bonchev–Trinajstić information content (AvgIpc) is 1.80. The van der Waals surface area contributed by atoms with E-state index in [9.17, 15) is 13.2 Å². The summed E-state index contributed by atoms with van der Waals surface area (Å²) in [5.74, 6) is 0. The van der Waals surface area contributed by atoms with Crippen LogP contribution in [0.3, 0.4) is 0 Å². The maximum absolute atomic E-state index is 10.5. The van der Waals surface area contributed by atoms with Gasteiger partial charge in [-0.1, -0.05) is 13.3 Å². The Balaban J connectivity index is 3.88. The fourth-order valence-electron chi connectivity index (χ4n) is 0.463. The quantitative estimate of drug-likeness (QED) is 0.639. The zero-order valence-electron chi connectivity index (χ0n) is 5.83. The fourth-order valence-corrected chi connectivity index (χ4v) is 0.892. The molecule has 60 valence electrons. The minimum atomic E-state index is -3.91. The summed E-state index contributed by atoms with van der Waals surface area (Å²) in [6, 6.07) is 0. The average molecular weight is 165 g/mol. The van der Waals surface area contributed by atoms with Crippen molar-refractivity contribution in [1.82, 2.24) is 0 Å². The molecular formula is C5H11NO3S. The summed E-state index contributed by atoms with van der Waals surface area (Å²) in [6.07, 6.45) is 1.41. The lowest BCUT2D eigenvalue weighted by Crippen LogP contribution is -2.22. The van der Waals surface area contributed by atoms with Gasteiger partial charge in [0.1, 0.15) is 0 Å². The van der Waals surface area contributed by atoms with Gasteiger partial charge in [0, 0.05) is 6.42 Å². The number of carbonyl (C=O) groups is 1. The van der Waals surface area contributed by atoms with Crippen LogP contribution in [-0.4, -0.2) is 13.5 Å². The van der Waals surface area contributed by atoms with Crippen LogP contribution in [0.1, 0.15) is 26.2 Å². The molecule has 0 saturated carbocycles. The Morgan fingerprint density at radius 3 is 2.30 bits per heavy atom.